The molecule has 1 aromatic heterocycles. The first-order valence-corrected chi connectivity index (χ1v) is 13.4. The van der Waals surface area contributed by atoms with E-state index in [-0.39, 0.29) is 5.78 Å². The molecule has 190 valence electrons. The van der Waals surface area contributed by atoms with Crippen molar-refractivity contribution >= 4 is 62.6 Å². The zero-order valence-electron chi connectivity index (χ0n) is 21.2. The molecule has 0 radical (unpaired) electrons. The van der Waals surface area contributed by atoms with Crippen LogP contribution in [0.3, 0.4) is 0 Å². The first-order chi connectivity index (χ1) is 18.4. The summed E-state index contributed by atoms with van der Waals surface area (Å²) in [5.74, 6) is -0.601. The Balaban J connectivity index is 1.53. The van der Waals surface area contributed by atoms with Crippen LogP contribution in [0.1, 0.15) is 42.3 Å². The van der Waals surface area contributed by atoms with Gasteiger partial charge in [-0.05, 0) is 80.1 Å². The SMILES string of the molecule is CCn1c2ccc(C(=O)c3ccc(Sc4ccccc4)cc3Cl)cc2c2cc(C(C)=NOC(C)=O)ccc21. The number of carbonyl (C=O) groups is 2. The molecule has 7 heteroatoms. The van der Waals surface area contributed by atoms with Crippen LogP contribution in [0.25, 0.3) is 21.8 Å². The molecular formula is C31H25ClN2O3S. The fourth-order valence-electron chi connectivity index (χ4n) is 4.52. The van der Waals surface area contributed by atoms with Gasteiger partial charge in [-0.1, -0.05) is 52.8 Å². The summed E-state index contributed by atoms with van der Waals surface area (Å²) in [4.78, 5) is 31.6. The number of carbonyl (C=O) groups excluding carboxylic acids is 2. The predicted molar refractivity (Wildman–Crippen MR) is 155 cm³/mol. The number of aromatic nitrogens is 1. The average molecular weight is 541 g/mol. The molecule has 0 saturated heterocycles. The van der Waals surface area contributed by atoms with Gasteiger partial charge in [-0.3, -0.25) is 4.79 Å². The minimum Gasteiger partial charge on any atom is -0.341 e. The summed E-state index contributed by atoms with van der Waals surface area (Å²) in [6.45, 7) is 5.97. The average Bonchev–Trinajstić information content (AvgIpc) is 3.24. The summed E-state index contributed by atoms with van der Waals surface area (Å²) in [6, 6.07) is 27.4. The molecule has 0 aliphatic carbocycles. The number of hydrogen-bond donors (Lipinski definition) is 0. The molecule has 38 heavy (non-hydrogen) atoms. The van der Waals surface area contributed by atoms with Gasteiger partial charge in [0.1, 0.15) is 0 Å². The Bertz CT molecular complexity index is 1720. The van der Waals surface area contributed by atoms with Gasteiger partial charge in [-0.15, -0.1) is 0 Å². The molecule has 5 nitrogen and oxygen atoms in total. The van der Waals surface area contributed by atoms with Crippen molar-refractivity contribution in [1.29, 1.82) is 0 Å². The summed E-state index contributed by atoms with van der Waals surface area (Å²) in [6.07, 6.45) is 0. The molecular weight excluding hydrogens is 516 g/mol. The van der Waals surface area contributed by atoms with Crippen LogP contribution < -0.4 is 0 Å². The van der Waals surface area contributed by atoms with Gasteiger partial charge in [0.15, 0.2) is 5.78 Å². The van der Waals surface area contributed by atoms with E-state index in [9.17, 15) is 9.59 Å². The summed E-state index contributed by atoms with van der Waals surface area (Å²) in [5.41, 5.74) is 4.54. The number of aryl methyl sites for hydroxylation is 1. The van der Waals surface area contributed by atoms with Crippen LogP contribution in [0.2, 0.25) is 5.02 Å². The van der Waals surface area contributed by atoms with Crippen molar-refractivity contribution < 1.29 is 14.4 Å². The first-order valence-electron chi connectivity index (χ1n) is 12.2. The molecule has 0 unspecified atom stereocenters. The van der Waals surface area contributed by atoms with Crippen molar-refractivity contribution in [2.75, 3.05) is 0 Å². The number of fused-ring (bicyclic) bond motifs is 3. The number of nitrogens with zero attached hydrogens (tertiary/aromatic N) is 2. The van der Waals surface area contributed by atoms with Gasteiger partial charge in [-0.2, -0.15) is 0 Å². The van der Waals surface area contributed by atoms with Crippen molar-refractivity contribution in [3.05, 3.63) is 107 Å². The number of ketones is 1. The molecule has 5 rings (SSSR count). The Labute approximate surface area is 230 Å². The Kier molecular flexibility index (Phi) is 7.36. The molecule has 0 amide bonds. The second kappa shape index (κ2) is 10.9. The van der Waals surface area contributed by atoms with E-state index in [1.807, 2.05) is 78.9 Å². The number of halogens is 1. The summed E-state index contributed by atoms with van der Waals surface area (Å²) >= 11 is 8.20. The highest BCUT2D eigenvalue weighted by Crippen LogP contribution is 2.34. The molecule has 0 N–H and O–H groups in total. The summed E-state index contributed by atoms with van der Waals surface area (Å²) in [5, 5.41) is 6.30. The quantitative estimate of drug-likeness (QED) is 0.0904. The second-order valence-electron chi connectivity index (χ2n) is 8.85. The predicted octanol–water partition coefficient (Wildman–Crippen LogP) is 8.14. The van der Waals surface area contributed by atoms with Crippen LogP contribution in [0.4, 0.5) is 0 Å². The minimum atomic E-state index is -0.471. The number of rotatable bonds is 7. The van der Waals surface area contributed by atoms with Gasteiger partial charge in [0.2, 0.25) is 0 Å². The highest BCUT2D eigenvalue weighted by Gasteiger charge is 2.17. The second-order valence-corrected chi connectivity index (χ2v) is 10.4. The van der Waals surface area contributed by atoms with Crippen molar-refractivity contribution in [1.82, 2.24) is 4.57 Å². The van der Waals surface area contributed by atoms with Crippen molar-refractivity contribution in [2.45, 2.75) is 37.1 Å². The molecule has 0 aliphatic heterocycles. The van der Waals surface area contributed by atoms with E-state index in [1.165, 1.54) is 6.92 Å². The van der Waals surface area contributed by atoms with Gasteiger partial charge in [0, 0.05) is 56.2 Å². The molecule has 0 spiro atoms. The zero-order valence-corrected chi connectivity index (χ0v) is 22.8. The number of oxime groups is 1. The van der Waals surface area contributed by atoms with Gasteiger partial charge in [0.25, 0.3) is 0 Å². The number of hydrogen-bond acceptors (Lipinski definition) is 5. The number of benzene rings is 4. The standard InChI is InChI=1S/C31H25ClN2O3S/c1-4-34-29-14-10-21(19(2)33-37-20(3)35)16-26(29)27-17-22(11-15-30(27)34)31(36)25-13-12-24(18-28(25)32)38-23-8-6-5-7-9-23/h5-18H,4H2,1-3H3. The molecule has 4 aromatic carbocycles. The van der Waals surface area contributed by atoms with E-state index in [0.717, 1.165) is 43.7 Å². The lowest BCUT2D eigenvalue weighted by Crippen LogP contribution is -2.02. The van der Waals surface area contributed by atoms with Crippen LogP contribution in [0.5, 0.6) is 0 Å². The molecule has 0 fully saturated rings. The zero-order chi connectivity index (χ0) is 26.8. The third-order valence-electron chi connectivity index (χ3n) is 6.34. The Morgan fingerprint density at radius 3 is 2.13 bits per heavy atom. The minimum absolute atomic E-state index is 0.130. The summed E-state index contributed by atoms with van der Waals surface area (Å²) in [7, 11) is 0. The van der Waals surface area contributed by atoms with Crippen LogP contribution in [0.15, 0.2) is 99.9 Å². The van der Waals surface area contributed by atoms with E-state index in [1.54, 1.807) is 24.8 Å². The van der Waals surface area contributed by atoms with Crippen LogP contribution >= 0.6 is 23.4 Å². The molecule has 0 aliphatic rings. The third-order valence-corrected chi connectivity index (χ3v) is 7.65. The Morgan fingerprint density at radius 1 is 0.842 bits per heavy atom. The largest absolute Gasteiger partial charge is 0.341 e. The fourth-order valence-corrected chi connectivity index (χ4v) is 5.73. The van der Waals surface area contributed by atoms with E-state index in [0.29, 0.717) is 21.9 Å². The highest BCUT2D eigenvalue weighted by atomic mass is 35.5. The maximum Gasteiger partial charge on any atom is 0.331 e. The lowest BCUT2D eigenvalue weighted by Gasteiger charge is -2.08. The van der Waals surface area contributed by atoms with E-state index in [2.05, 4.69) is 16.6 Å². The van der Waals surface area contributed by atoms with Crippen molar-refractivity contribution in [3.8, 4) is 0 Å². The Morgan fingerprint density at radius 2 is 1.50 bits per heavy atom. The molecule has 0 atom stereocenters. The topological polar surface area (TPSA) is 60.7 Å². The van der Waals surface area contributed by atoms with Gasteiger partial charge < -0.3 is 9.40 Å². The van der Waals surface area contributed by atoms with Crippen molar-refractivity contribution in [3.63, 3.8) is 0 Å². The fraction of sp³-hybridized carbons (Fsp3) is 0.129. The monoisotopic (exact) mass is 540 g/mol. The highest BCUT2D eigenvalue weighted by molar-refractivity contribution is 7.99. The van der Waals surface area contributed by atoms with E-state index in [4.69, 9.17) is 16.4 Å². The van der Waals surface area contributed by atoms with Gasteiger partial charge >= 0.3 is 5.97 Å². The first kappa shape index (κ1) is 25.8. The van der Waals surface area contributed by atoms with E-state index >= 15 is 0 Å². The molecule has 0 bridgehead atoms. The maximum absolute atomic E-state index is 13.6. The van der Waals surface area contributed by atoms with Crippen LogP contribution in [-0.2, 0) is 16.2 Å². The summed E-state index contributed by atoms with van der Waals surface area (Å²) < 4.78 is 2.21. The molecule has 5 aromatic rings. The maximum atomic E-state index is 13.6. The van der Waals surface area contributed by atoms with Crippen molar-refractivity contribution in [2.24, 2.45) is 5.16 Å². The normalized spacial score (nSPS) is 11.7. The lowest BCUT2D eigenvalue weighted by molar-refractivity contribution is -0.140. The van der Waals surface area contributed by atoms with E-state index < -0.39 is 5.97 Å². The van der Waals surface area contributed by atoms with Crippen LogP contribution in [-0.4, -0.2) is 22.0 Å². The van der Waals surface area contributed by atoms with Crippen LogP contribution in [0, 0.1) is 0 Å². The molecule has 1 heterocycles. The Hall–Kier alpha value is -3.87. The van der Waals surface area contributed by atoms with Gasteiger partial charge in [0.05, 0.1) is 10.7 Å². The third kappa shape index (κ3) is 5.10. The van der Waals surface area contributed by atoms with Gasteiger partial charge in [-0.25, -0.2) is 4.79 Å². The smallest absolute Gasteiger partial charge is 0.331 e. The molecule has 0 saturated carbocycles. The lowest BCUT2D eigenvalue weighted by atomic mass is 10.0.